The Balaban J connectivity index is 1.26. The van der Waals surface area contributed by atoms with Crippen molar-refractivity contribution >= 4 is 11.8 Å². The van der Waals surface area contributed by atoms with E-state index in [0.29, 0.717) is 25.9 Å². The topological polar surface area (TPSA) is 141 Å². The first kappa shape index (κ1) is 36.9. The van der Waals surface area contributed by atoms with Crippen LogP contribution in [0.4, 0.5) is 0 Å². The SMILES string of the molecule is C[C@@H]([C@H](O)c1ccccc1)N(C)C[C@@H]1C[C@H](c2ccc(CO)cc2)O[C@H](c2ccc(-c3cccc(CNC(=O)CCCC(=O)NO)c3)cc2)O1. The molecule has 1 aliphatic heterocycles. The van der Waals surface area contributed by atoms with Crippen LogP contribution in [0.15, 0.2) is 103 Å². The van der Waals surface area contributed by atoms with Gasteiger partial charge in [-0.05, 0) is 59.8 Å². The lowest BCUT2D eigenvalue weighted by atomic mass is 9.98. The van der Waals surface area contributed by atoms with Gasteiger partial charge in [-0.15, -0.1) is 0 Å². The molecule has 1 saturated heterocycles. The van der Waals surface area contributed by atoms with Gasteiger partial charge in [-0.1, -0.05) is 97.1 Å². The molecule has 4 aromatic carbocycles. The summed E-state index contributed by atoms with van der Waals surface area (Å²) in [5.41, 5.74) is 8.12. The first-order valence-corrected chi connectivity index (χ1v) is 17.1. The molecule has 10 nitrogen and oxygen atoms in total. The first-order chi connectivity index (χ1) is 24.2. The van der Waals surface area contributed by atoms with Gasteiger partial charge in [0.1, 0.15) is 0 Å². The highest BCUT2D eigenvalue weighted by Gasteiger charge is 2.34. The smallest absolute Gasteiger partial charge is 0.243 e. The summed E-state index contributed by atoms with van der Waals surface area (Å²) in [5.74, 6) is -0.671. The highest BCUT2D eigenvalue weighted by Crippen LogP contribution is 2.39. The number of benzene rings is 4. The average Bonchev–Trinajstić information content (AvgIpc) is 3.16. The summed E-state index contributed by atoms with van der Waals surface area (Å²) in [6.07, 6.45) is -0.402. The van der Waals surface area contributed by atoms with Crippen LogP contribution in [0.2, 0.25) is 0 Å². The molecule has 0 spiro atoms. The van der Waals surface area contributed by atoms with Gasteiger partial charge in [-0.3, -0.25) is 19.7 Å². The van der Waals surface area contributed by atoms with E-state index in [-0.39, 0.29) is 43.6 Å². The number of carbonyl (C=O) groups excluding carboxylic acids is 2. The van der Waals surface area contributed by atoms with Gasteiger partial charge in [-0.2, -0.15) is 0 Å². The number of aliphatic hydroxyl groups is 2. The Bertz CT molecular complexity index is 1670. The normalized spacial score (nSPS) is 18.7. The van der Waals surface area contributed by atoms with Gasteiger partial charge in [0.25, 0.3) is 0 Å². The van der Waals surface area contributed by atoms with Gasteiger partial charge in [0.05, 0.1) is 24.9 Å². The molecule has 0 radical (unpaired) electrons. The number of aliphatic hydroxyl groups excluding tert-OH is 2. The number of hydroxylamine groups is 1. The zero-order valence-corrected chi connectivity index (χ0v) is 28.6. The lowest BCUT2D eigenvalue weighted by molar-refractivity contribution is -0.253. The molecule has 0 aromatic heterocycles. The van der Waals surface area contributed by atoms with Crippen LogP contribution in [0.25, 0.3) is 11.1 Å². The maximum atomic E-state index is 12.2. The minimum atomic E-state index is -0.645. The monoisotopic (exact) mass is 681 g/mol. The van der Waals surface area contributed by atoms with Crippen molar-refractivity contribution in [2.75, 3.05) is 13.6 Å². The summed E-state index contributed by atoms with van der Waals surface area (Å²) in [7, 11) is 2.00. The molecule has 264 valence electrons. The van der Waals surface area contributed by atoms with Crippen molar-refractivity contribution in [1.82, 2.24) is 15.7 Å². The number of rotatable bonds is 15. The Morgan fingerprint density at radius 1 is 0.840 bits per heavy atom. The van der Waals surface area contributed by atoms with Crippen molar-refractivity contribution in [2.24, 2.45) is 0 Å². The largest absolute Gasteiger partial charge is 0.392 e. The van der Waals surface area contributed by atoms with Crippen molar-refractivity contribution in [2.45, 2.75) is 76.4 Å². The summed E-state index contributed by atoms with van der Waals surface area (Å²) in [5, 5.41) is 32.1. The summed E-state index contributed by atoms with van der Waals surface area (Å²) in [6.45, 7) is 2.95. The molecule has 0 bridgehead atoms. The van der Waals surface area contributed by atoms with Crippen LogP contribution in [0.5, 0.6) is 0 Å². The molecule has 50 heavy (non-hydrogen) atoms. The van der Waals surface area contributed by atoms with E-state index in [1.807, 2.05) is 117 Å². The second-order valence-corrected chi connectivity index (χ2v) is 12.9. The van der Waals surface area contributed by atoms with E-state index >= 15 is 0 Å². The number of hydrogen-bond acceptors (Lipinski definition) is 8. The van der Waals surface area contributed by atoms with Gasteiger partial charge in [-0.25, -0.2) is 5.48 Å². The minimum absolute atomic E-state index is 0.0239. The molecule has 0 saturated carbocycles. The van der Waals surface area contributed by atoms with E-state index in [2.05, 4.69) is 10.2 Å². The van der Waals surface area contributed by atoms with Crippen molar-refractivity contribution in [3.8, 4) is 11.1 Å². The molecule has 5 N–H and O–H groups in total. The predicted octanol–water partition coefficient (Wildman–Crippen LogP) is 5.74. The molecule has 5 atom stereocenters. The molecule has 0 aliphatic carbocycles. The second kappa shape index (κ2) is 18.0. The number of hydrogen-bond donors (Lipinski definition) is 5. The number of ether oxygens (including phenoxy) is 2. The van der Waals surface area contributed by atoms with Crippen LogP contribution in [-0.2, 0) is 32.2 Å². The maximum absolute atomic E-state index is 12.2. The Labute approximate surface area is 293 Å². The van der Waals surface area contributed by atoms with Gasteiger partial charge < -0.3 is 25.0 Å². The highest BCUT2D eigenvalue weighted by molar-refractivity contribution is 5.78. The third kappa shape index (κ3) is 10.1. The molecule has 2 amide bonds. The summed E-state index contributed by atoms with van der Waals surface area (Å²) >= 11 is 0. The molecule has 4 aromatic rings. The molecular formula is C40H47N3O7. The summed E-state index contributed by atoms with van der Waals surface area (Å²) in [4.78, 5) is 25.5. The average molecular weight is 682 g/mol. The molecule has 1 fully saturated rings. The fraction of sp³-hybridized carbons (Fsp3) is 0.350. The van der Waals surface area contributed by atoms with Crippen LogP contribution in [-0.4, -0.2) is 57.9 Å². The third-order valence-corrected chi connectivity index (χ3v) is 9.27. The zero-order chi connectivity index (χ0) is 35.5. The number of likely N-dealkylation sites (N-methyl/N-ethyl adjacent to an activating group) is 1. The molecule has 1 heterocycles. The Hall–Kier alpha value is -4.42. The summed E-state index contributed by atoms with van der Waals surface area (Å²) in [6, 6.07) is 33.4. The van der Waals surface area contributed by atoms with Gasteiger partial charge in [0, 0.05) is 44.0 Å². The Kier molecular flexibility index (Phi) is 13.3. The van der Waals surface area contributed by atoms with Gasteiger partial charge in [0.15, 0.2) is 6.29 Å². The lowest BCUT2D eigenvalue weighted by Crippen LogP contribution is -2.43. The van der Waals surface area contributed by atoms with E-state index in [1.54, 1.807) is 5.48 Å². The quantitative estimate of drug-likeness (QED) is 0.0791. The number of amides is 2. The zero-order valence-electron chi connectivity index (χ0n) is 28.6. The minimum Gasteiger partial charge on any atom is -0.392 e. The lowest BCUT2D eigenvalue weighted by Gasteiger charge is -2.39. The summed E-state index contributed by atoms with van der Waals surface area (Å²) < 4.78 is 13.1. The first-order valence-electron chi connectivity index (χ1n) is 17.1. The third-order valence-electron chi connectivity index (χ3n) is 9.27. The van der Waals surface area contributed by atoms with E-state index in [0.717, 1.165) is 38.9 Å². The number of nitrogens with zero attached hydrogens (tertiary/aromatic N) is 1. The molecule has 0 unspecified atom stereocenters. The predicted molar refractivity (Wildman–Crippen MR) is 189 cm³/mol. The van der Waals surface area contributed by atoms with Gasteiger partial charge in [0.2, 0.25) is 11.8 Å². The van der Waals surface area contributed by atoms with Crippen LogP contribution in [0, 0.1) is 0 Å². The van der Waals surface area contributed by atoms with E-state index in [4.69, 9.17) is 14.7 Å². The van der Waals surface area contributed by atoms with Crippen LogP contribution < -0.4 is 10.8 Å². The van der Waals surface area contributed by atoms with E-state index in [1.165, 1.54) is 0 Å². The molecule has 5 rings (SSSR count). The number of nitrogens with one attached hydrogen (secondary N) is 2. The van der Waals surface area contributed by atoms with Crippen molar-refractivity contribution in [3.63, 3.8) is 0 Å². The number of carbonyl (C=O) groups is 2. The van der Waals surface area contributed by atoms with Gasteiger partial charge >= 0.3 is 0 Å². The molecule has 10 heteroatoms. The fourth-order valence-electron chi connectivity index (χ4n) is 6.14. The standard InChI is InChI=1S/C40H47N3O7/c1-27(39(47)32-9-4-3-5-10-32)43(2)25-35-23-36(31-16-14-28(26-44)15-17-31)50-40(49-35)33-20-18-30(19-21-33)34-11-6-8-29(22-34)24-41-37(45)12-7-13-38(46)42-48/h3-6,8-11,14-22,27,35-36,39-40,44,47-48H,7,12-13,23-26H2,1-2H3,(H,41,45)(H,42,46)/t27-,35-,36+,39-,40+/m0/s1. The Morgan fingerprint density at radius 3 is 2.24 bits per heavy atom. The second-order valence-electron chi connectivity index (χ2n) is 12.9. The van der Waals surface area contributed by atoms with Crippen LogP contribution >= 0.6 is 0 Å². The van der Waals surface area contributed by atoms with E-state index in [9.17, 15) is 19.8 Å². The Morgan fingerprint density at radius 2 is 1.54 bits per heavy atom. The van der Waals surface area contributed by atoms with Crippen molar-refractivity contribution < 1.29 is 34.5 Å². The van der Waals surface area contributed by atoms with Crippen molar-refractivity contribution in [1.29, 1.82) is 0 Å². The van der Waals surface area contributed by atoms with Crippen LogP contribution in [0.1, 0.15) is 78.9 Å². The fourth-order valence-corrected chi connectivity index (χ4v) is 6.14. The molecular weight excluding hydrogens is 634 g/mol. The maximum Gasteiger partial charge on any atom is 0.243 e. The van der Waals surface area contributed by atoms with E-state index < -0.39 is 18.3 Å². The van der Waals surface area contributed by atoms with Crippen molar-refractivity contribution in [3.05, 3.63) is 131 Å². The molecule has 1 aliphatic rings. The van der Waals surface area contributed by atoms with Crippen LogP contribution in [0.3, 0.4) is 0 Å². The highest BCUT2D eigenvalue weighted by atomic mass is 16.7.